The van der Waals surface area contributed by atoms with E-state index < -0.39 is 5.41 Å². The third-order valence-corrected chi connectivity index (χ3v) is 14.1. The Morgan fingerprint density at radius 3 is 1.68 bits per heavy atom. The molecule has 1 aromatic heterocycles. The lowest BCUT2D eigenvalue weighted by Crippen LogP contribution is -2.30. The molecule has 2 nitrogen and oxygen atoms in total. The fourth-order valence-electron chi connectivity index (χ4n) is 11.7. The Balaban J connectivity index is 1.19. The highest BCUT2D eigenvalue weighted by atomic mass is 15.1. The topological polar surface area (TPSA) is 8.17 Å². The fourth-order valence-corrected chi connectivity index (χ4v) is 11.7. The van der Waals surface area contributed by atoms with Gasteiger partial charge in [0.25, 0.3) is 0 Å². The van der Waals surface area contributed by atoms with Crippen LogP contribution in [0.25, 0.3) is 82.1 Å². The monoisotopic (exact) mass is 798 g/mol. The van der Waals surface area contributed by atoms with Crippen LogP contribution in [0.1, 0.15) is 22.3 Å². The van der Waals surface area contributed by atoms with Crippen molar-refractivity contribution in [3.8, 4) is 27.9 Å². The second-order valence-electron chi connectivity index (χ2n) is 17.1. The van der Waals surface area contributed by atoms with Gasteiger partial charge in [-0.25, -0.2) is 0 Å². The Hall–Kier alpha value is -8.20. The van der Waals surface area contributed by atoms with Gasteiger partial charge >= 0.3 is 0 Å². The molecule has 0 fully saturated rings. The summed E-state index contributed by atoms with van der Waals surface area (Å²) in [6.07, 6.45) is 0. The number of para-hydroxylation sites is 2. The highest BCUT2D eigenvalue weighted by Gasteiger charge is 2.50. The predicted octanol–water partition coefficient (Wildman–Crippen LogP) is 16.1. The Morgan fingerprint density at radius 1 is 0.333 bits per heavy atom. The molecule has 1 spiro atoms. The molecule has 0 saturated heterocycles. The van der Waals surface area contributed by atoms with Gasteiger partial charge in [0, 0.05) is 32.9 Å². The van der Waals surface area contributed by atoms with E-state index in [1.165, 1.54) is 98.6 Å². The van der Waals surface area contributed by atoms with Crippen LogP contribution in [0.4, 0.5) is 17.1 Å². The highest BCUT2D eigenvalue weighted by Crippen LogP contribution is 2.63. The van der Waals surface area contributed by atoms with E-state index in [1.54, 1.807) is 0 Å². The standard InChI is InChI=1S/C61H38N2/c1-4-18-39(19-5-1)41-36-49-44-25-11-10-20-40(44)34-35-47(49)55(37-41)63(43-23-8-3-9-24-43)56-38-57-60-58-48(56)28-16-31-52(58)61(50-29-14-12-26-45(50)46-27-13-15-30-51(46)61)53-32-17-33-54(59(53)60)62(57)42-21-6-2-7-22-42/h1-38H. The zero-order valence-corrected chi connectivity index (χ0v) is 34.3. The van der Waals surface area contributed by atoms with Crippen LogP contribution in [0.15, 0.2) is 231 Å². The summed E-state index contributed by atoms with van der Waals surface area (Å²) >= 11 is 0. The number of aromatic nitrogens is 1. The van der Waals surface area contributed by atoms with Crippen LogP contribution in [0.3, 0.4) is 0 Å². The molecule has 0 saturated carbocycles. The smallest absolute Gasteiger partial charge is 0.0726 e. The largest absolute Gasteiger partial charge is 0.309 e. The number of fused-ring (bicyclic) bond motifs is 10. The van der Waals surface area contributed by atoms with Gasteiger partial charge in [-0.05, 0) is 115 Å². The molecule has 14 rings (SSSR count). The van der Waals surface area contributed by atoms with Crippen molar-refractivity contribution in [1.82, 2.24) is 4.57 Å². The van der Waals surface area contributed by atoms with Gasteiger partial charge < -0.3 is 9.47 Å². The van der Waals surface area contributed by atoms with Crippen molar-refractivity contribution >= 4 is 71.2 Å². The van der Waals surface area contributed by atoms with Gasteiger partial charge in [0.15, 0.2) is 0 Å². The van der Waals surface area contributed by atoms with Gasteiger partial charge in [0.1, 0.15) is 0 Å². The summed E-state index contributed by atoms with van der Waals surface area (Å²) in [7, 11) is 0. The van der Waals surface area contributed by atoms with Gasteiger partial charge in [0.05, 0.1) is 27.8 Å². The molecule has 0 unspecified atom stereocenters. The Morgan fingerprint density at radius 2 is 0.921 bits per heavy atom. The molecule has 11 aromatic carbocycles. The quantitative estimate of drug-likeness (QED) is 0.157. The number of nitrogens with zero attached hydrogens (tertiary/aromatic N) is 2. The van der Waals surface area contributed by atoms with Crippen molar-refractivity contribution in [3.05, 3.63) is 253 Å². The maximum absolute atomic E-state index is 2.55. The predicted molar refractivity (Wildman–Crippen MR) is 264 cm³/mol. The lowest BCUT2D eigenvalue weighted by molar-refractivity contribution is 0.783. The summed E-state index contributed by atoms with van der Waals surface area (Å²) in [5.74, 6) is 0. The van der Waals surface area contributed by atoms with Crippen LogP contribution >= 0.6 is 0 Å². The van der Waals surface area contributed by atoms with Crippen LogP contribution in [0, 0.1) is 0 Å². The molecule has 292 valence electrons. The maximum Gasteiger partial charge on any atom is 0.0726 e. The van der Waals surface area contributed by atoms with Gasteiger partial charge in [-0.3, -0.25) is 0 Å². The average molecular weight is 799 g/mol. The van der Waals surface area contributed by atoms with Gasteiger partial charge in [0.2, 0.25) is 0 Å². The number of hydrogen-bond donors (Lipinski definition) is 0. The van der Waals surface area contributed by atoms with Gasteiger partial charge in [-0.15, -0.1) is 0 Å². The van der Waals surface area contributed by atoms with E-state index in [-0.39, 0.29) is 0 Å². The minimum absolute atomic E-state index is 0.524. The molecular weight excluding hydrogens is 761 g/mol. The van der Waals surface area contributed by atoms with Crippen molar-refractivity contribution in [2.45, 2.75) is 5.41 Å². The Labute approximate surface area is 365 Å². The van der Waals surface area contributed by atoms with Crippen molar-refractivity contribution in [2.75, 3.05) is 4.90 Å². The summed E-state index contributed by atoms with van der Waals surface area (Å²) in [6.45, 7) is 0. The van der Waals surface area contributed by atoms with Crippen LogP contribution < -0.4 is 4.90 Å². The average Bonchev–Trinajstić information content (AvgIpc) is 3.85. The molecule has 0 bridgehead atoms. The zero-order chi connectivity index (χ0) is 41.2. The molecule has 0 aliphatic heterocycles. The second-order valence-corrected chi connectivity index (χ2v) is 17.1. The van der Waals surface area contributed by atoms with Crippen molar-refractivity contribution in [2.24, 2.45) is 0 Å². The third kappa shape index (κ3) is 4.57. The van der Waals surface area contributed by atoms with Crippen LogP contribution in [-0.4, -0.2) is 4.57 Å². The molecule has 1 heterocycles. The van der Waals surface area contributed by atoms with Gasteiger partial charge in [-0.1, -0.05) is 182 Å². The van der Waals surface area contributed by atoms with Gasteiger partial charge in [-0.2, -0.15) is 0 Å². The van der Waals surface area contributed by atoms with Crippen LogP contribution in [0.5, 0.6) is 0 Å². The molecule has 2 aliphatic rings. The molecule has 0 N–H and O–H groups in total. The van der Waals surface area contributed by atoms with Crippen molar-refractivity contribution in [1.29, 1.82) is 0 Å². The van der Waals surface area contributed by atoms with E-state index in [2.05, 4.69) is 240 Å². The summed E-state index contributed by atoms with van der Waals surface area (Å²) < 4.78 is 2.52. The normalized spacial score (nSPS) is 13.2. The fraction of sp³-hybridized carbons (Fsp3) is 0.0164. The van der Waals surface area contributed by atoms with E-state index in [1.807, 2.05) is 0 Å². The first kappa shape index (κ1) is 34.5. The van der Waals surface area contributed by atoms with Crippen LogP contribution in [-0.2, 0) is 5.41 Å². The summed E-state index contributed by atoms with van der Waals surface area (Å²) in [5.41, 5.74) is 16.8. The number of anilines is 3. The zero-order valence-electron chi connectivity index (χ0n) is 34.3. The van der Waals surface area contributed by atoms with Crippen LogP contribution in [0.2, 0.25) is 0 Å². The molecule has 2 aliphatic carbocycles. The minimum atomic E-state index is -0.524. The number of benzene rings is 11. The first-order valence-corrected chi connectivity index (χ1v) is 21.9. The molecule has 2 heteroatoms. The first-order valence-electron chi connectivity index (χ1n) is 21.9. The van der Waals surface area contributed by atoms with E-state index in [9.17, 15) is 0 Å². The van der Waals surface area contributed by atoms with E-state index in [0.29, 0.717) is 0 Å². The summed E-state index contributed by atoms with van der Waals surface area (Å²) in [6, 6.07) is 86.0. The van der Waals surface area contributed by atoms with E-state index >= 15 is 0 Å². The lowest BCUT2D eigenvalue weighted by Gasteiger charge is -2.38. The van der Waals surface area contributed by atoms with E-state index in [0.717, 1.165) is 22.7 Å². The third-order valence-electron chi connectivity index (χ3n) is 14.1. The molecule has 0 radical (unpaired) electrons. The molecular formula is C61H38N2. The molecule has 0 amide bonds. The van der Waals surface area contributed by atoms with E-state index in [4.69, 9.17) is 0 Å². The second kappa shape index (κ2) is 12.9. The van der Waals surface area contributed by atoms with Crippen molar-refractivity contribution in [3.63, 3.8) is 0 Å². The first-order chi connectivity index (χ1) is 31.3. The number of rotatable bonds is 5. The molecule has 0 atom stereocenters. The molecule has 63 heavy (non-hydrogen) atoms. The Bertz CT molecular complexity index is 3800. The summed E-state index contributed by atoms with van der Waals surface area (Å²) in [5, 5.41) is 10.1. The maximum atomic E-state index is 2.55. The Kier molecular flexibility index (Phi) is 7.07. The number of hydrogen-bond acceptors (Lipinski definition) is 1. The summed E-state index contributed by atoms with van der Waals surface area (Å²) in [4.78, 5) is 2.55. The minimum Gasteiger partial charge on any atom is -0.309 e. The highest BCUT2D eigenvalue weighted by molar-refractivity contribution is 6.29. The molecule has 12 aromatic rings. The SMILES string of the molecule is c1ccc(-c2cc(N(c3ccccc3)c3cc4c5c6c(cccc36)C3(c6ccccc6-c6ccccc63)c3cccc(c35)n4-c3ccccc3)c3ccc4ccccc4c3c2)cc1. The van der Waals surface area contributed by atoms with Crippen molar-refractivity contribution < 1.29 is 0 Å². The lowest BCUT2D eigenvalue weighted by atomic mass is 9.63.